The molecule has 6 heteroatoms. The number of ether oxygens (including phenoxy) is 1. The molecule has 0 aromatic carbocycles. The van der Waals surface area contributed by atoms with Gasteiger partial charge in [-0.2, -0.15) is 5.10 Å². The van der Waals surface area contributed by atoms with E-state index in [1.807, 2.05) is 17.8 Å². The lowest BCUT2D eigenvalue weighted by Crippen LogP contribution is -2.35. The second-order valence-corrected chi connectivity index (χ2v) is 4.52. The van der Waals surface area contributed by atoms with E-state index in [-0.39, 0.29) is 18.0 Å². The van der Waals surface area contributed by atoms with Crippen LogP contribution in [-0.2, 0) is 16.1 Å². The molecule has 2 unspecified atom stereocenters. The van der Waals surface area contributed by atoms with Crippen molar-refractivity contribution in [3.63, 3.8) is 0 Å². The highest BCUT2D eigenvalue weighted by molar-refractivity contribution is 5.80. The summed E-state index contributed by atoms with van der Waals surface area (Å²) in [6.07, 6.45) is 4.15. The van der Waals surface area contributed by atoms with Gasteiger partial charge >= 0.3 is 0 Å². The zero-order chi connectivity index (χ0) is 13.1. The third kappa shape index (κ3) is 2.39. The Kier molecular flexibility index (Phi) is 3.98. The predicted molar refractivity (Wildman–Crippen MR) is 66.8 cm³/mol. The smallest absolute Gasteiger partial charge is 0.224 e. The molecule has 100 valence electrons. The van der Waals surface area contributed by atoms with Gasteiger partial charge in [0.2, 0.25) is 5.91 Å². The molecule has 1 aliphatic rings. The monoisotopic (exact) mass is 252 g/mol. The van der Waals surface area contributed by atoms with Crippen molar-refractivity contribution < 1.29 is 9.53 Å². The number of amides is 1. The summed E-state index contributed by atoms with van der Waals surface area (Å²) in [5.74, 6) is 0.0915. The summed E-state index contributed by atoms with van der Waals surface area (Å²) in [5.41, 5.74) is 7.08. The maximum Gasteiger partial charge on any atom is 0.224 e. The van der Waals surface area contributed by atoms with Gasteiger partial charge in [0.05, 0.1) is 18.8 Å². The zero-order valence-electron chi connectivity index (χ0n) is 10.9. The number of aromatic nitrogens is 2. The Hall–Kier alpha value is -1.40. The molecule has 0 bridgehead atoms. The number of aryl methyl sites for hydroxylation is 1. The van der Waals surface area contributed by atoms with Crippen molar-refractivity contribution in [2.75, 3.05) is 20.3 Å². The molecule has 1 amide bonds. The van der Waals surface area contributed by atoms with Crippen LogP contribution >= 0.6 is 0 Å². The van der Waals surface area contributed by atoms with E-state index in [9.17, 15) is 4.79 Å². The summed E-state index contributed by atoms with van der Waals surface area (Å²) in [6, 6.07) is -0.239. The van der Waals surface area contributed by atoms with Crippen LogP contribution in [0.3, 0.4) is 0 Å². The predicted octanol–water partition coefficient (Wildman–Crippen LogP) is 0.150. The van der Waals surface area contributed by atoms with Gasteiger partial charge in [0.25, 0.3) is 0 Å². The Morgan fingerprint density at radius 3 is 3.00 bits per heavy atom. The average molecular weight is 252 g/mol. The molecule has 0 radical (unpaired) electrons. The lowest BCUT2D eigenvalue weighted by molar-refractivity contribution is -0.129. The molecule has 6 nitrogen and oxygen atoms in total. The number of hydrogen-bond acceptors (Lipinski definition) is 4. The first-order valence-electron chi connectivity index (χ1n) is 6.23. The number of hydrogen-bond donors (Lipinski definition) is 1. The van der Waals surface area contributed by atoms with E-state index in [4.69, 9.17) is 10.5 Å². The van der Waals surface area contributed by atoms with E-state index in [1.54, 1.807) is 18.2 Å². The van der Waals surface area contributed by atoms with E-state index in [1.165, 1.54) is 0 Å². The van der Waals surface area contributed by atoms with Crippen LogP contribution in [0.2, 0.25) is 0 Å². The second-order valence-electron chi connectivity index (χ2n) is 4.52. The third-order valence-electron chi connectivity index (χ3n) is 3.33. The van der Waals surface area contributed by atoms with Crippen LogP contribution in [-0.4, -0.2) is 46.9 Å². The molecule has 18 heavy (non-hydrogen) atoms. The lowest BCUT2D eigenvalue weighted by Gasteiger charge is -2.25. The number of carbonyl (C=O) groups excluding carboxylic acids is 1. The summed E-state index contributed by atoms with van der Waals surface area (Å²) >= 11 is 0. The molecule has 1 saturated heterocycles. The largest absolute Gasteiger partial charge is 0.383 e. The molecule has 0 saturated carbocycles. The molecule has 2 rings (SSSR count). The minimum Gasteiger partial charge on any atom is -0.383 e. The van der Waals surface area contributed by atoms with Gasteiger partial charge in [0.15, 0.2) is 0 Å². The van der Waals surface area contributed by atoms with E-state index in [0.717, 1.165) is 12.1 Å². The summed E-state index contributed by atoms with van der Waals surface area (Å²) in [6.45, 7) is 3.94. The highest BCUT2D eigenvalue weighted by atomic mass is 16.5. The maximum atomic E-state index is 11.9. The summed E-state index contributed by atoms with van der Waals surface area (Å²) in [4.78, 5) is 13.7. The third-order valence-corrected chi connectivity index (χ3v) is 3.33. The van der Waals surface area contributed by atoms with Gasteiger partial charge < -0.3 is 15.4 Å². The highest BCUT2D eigenvalue weighted by Gasteiger charge is 2.38. The Bertz CT molecular complexity index is 418. The normalized spacial score (nSPS) is 23.9. The maximum absolute atomic E-state index is 11.9. The van der Waals surface area contributed by atoms with Crippen LogP contribution in [0.5, 0.6) is 0 Å². The van der Waals surface area contributed by atoms with E-state index >= 15 is 0 Å². The topological polar surface area (TPSA) is 73.4 Å². The van der Waals surface area contributed by atoms with Gasteiger partial charge in [-0.1, -0.05) is 0 Å². The Labute approximate surface area is 107 Å². The molecular formula is C12H20N4O2. The number of likely N-dealkylation sites (tertiary alicyclic amines) is 1. The van der Waals surface area contributed by atoms with Gasteiger partial charge in [-0.05, 0) is 6.92 Å². The highest BCUT2D eigenvalue weighted by Crippen LogP contribution is 2.31. The minimum absolute atomic E-state index is 0.0760. The second kappa shape index (κ2) is 5.49. The fourth-order valence-corrected chi connectivity index (χ4v) is 2.40. The molecule has 1 aliphatic heterocycles. The quantitative estimate of drug-likeness (QED) is 0.809. The number of nitrogens with two attached hydrogens (primary N) is 1. The molecule has 1 aromatic heterocycles. The first kappa shape index (κ1) is 13.0. The Morgan fingerprint density at radius 1 is 1.61 bits per heavy atom. The van der Waals surface area contributed by atoms with E-state index in [0.29, 0.717) is 19.6 Å². The van der Waals surface area contributed by atoms with Crippen molar-refractivity contribution in [1.29, 1.82) is 0 Å². The van der Waals surface area contributed by atoms with Crippen molar-refractivity contribution in [1.82, 2.24) is 14.7 Å². The molecule has 2 heterocycles. The Morgan fingerprint density at radius 2 is 2.39 bits per heavy atom. The lowest BCUT2D eigenvalue weighted by atomic mass is 10.0. The molecule has 2 atom stereocenters. The first-order chi connectivity index (χ1) is 8.67. The SMILES string of the molecule is CCn1cc(C2C(N)CC(=O)N2CCOC)cn1. The molecule has 1 aromatic rings. The zero-order valence-corrected chi connectivity index (χ0v) is 10.9. The number of carbonyl (C=O) groups is 1. The van der Waals surface area contributed by atoms with Crippen LogP contribution in [0.25, 0.3) is 0 Å². The summed E-state index contributed by atoms with van der Waals surface area (Å²) in [7, 11) is 1.63. The molecule has 1 fully saturated rings. The van der Waals surface area contributed by atoms with Gasteiger partial charge in [-0.15, -0.1) is 0 Å². The fraction of sp³-hybridized carbons (Fsp3) is 0.667. The summed E-state index contributed by atoms with van der Waals surface area (Å²) in [5, 5.41) is 4.25. The summed E-state index contributed by atoms with van der Waals surface area (Å²) < 4.78 is 6.89. The van der Waals surface area contributed by atoms with E-state index in [2.05, 4.69) is 5.10 Å². The Balaban J connectivity index is 2.19. The van der Waals surface area contributed by atoms with Crippen molar-refractivity contribution in [2.24, 2.45) is 5.73 Å². The van der Waals surface area contributed by atoms with Crippen LogP contribution < -0.4 is 5.73 Å². The van der Waals surface area contributed by atoms with E-state index < -0.39 is 0 Å². The molecular weight excluding hydrogens is 232 g/mol. The van der Waals surface area contributed by atoms with Gasteiger partial charge in [0.1, 0.15) is 0 Å². The van der Waals surface area contributed by atoms with Crippen molar-refractivity contribution >= 4 is 5.91 Å². The first-order valence-corrected chi connectivity index (χ1v) is 6.23. The van der Waals surface area contributed by atoms with Crippen molar-refractivity contribution in [2.45, 2.75) is 32.0 Å². The van der Waals surface area contributed by atoms with Gasteiger partial charge in [-0.25, -0.2) is 0 Å². The number of methoxy groups -OCH3 is 1. The molecule has 0 spiro atoms. The molecule has 0 aliphatic carbocycles. The van der Waals surface area contributed by atoms with Gasteiger partial charge in [0, 0.05) is 44.4 Å². The van der Waals surface area contributed by atoms with Crippen LogP contribution in [0.15, 0.2) is 12.4 Å². The van der Waals surface area contributed by atoms with Crippen LogP contribution in [0.1, 0.15) is 24.9 Å². The van der Waals surface area contributed by atoms with Gasteiger partial charge in [-0.3, -0.25) is 9.48 Å². The average Bonchev–Trinajstić information content (AvgIpc) is 2.91. The standard InChI is InChI=1S/C12H20N4O2/c1-3-15-8-9(7-14-15)12-10(13)6-11(17)16(12)4-5-18-2/h7-8,10,12H,3-6,13H2,1-2H3. The van der Waals surface area contributed by atoms with Crippen molar-refractivity contribution in [3.8, 4) is 0 Å². The minimum atomic E-state index is -0.163. The van der Waals surface area contributed by atoms with Crippen molar-refractivity contribution in [3.05, 3.63) is 18.0 Å². The number of nitrogens with zero attached hydrogens (tertiary/aromatic N) is 3. The van der Waals surface area contributed by atoms with Crippen LogP contribution in [0.4, 0.5) is 0 Å². The number of rotatable bonds is 5. The molecule has 2 N–H and O–H groups in total. The van der Waals surface area contributed by atoms with Crippen LogP contribution in [0, 0.1) is 0 Å². The fourth-order valence-electron chi connectivity index (χ4n) is 2.40.